The molecule has 2 amide bonds. The molecule has 2 N–H and O–H groups in total. The van der Waals surface area contributed by atoms with Crippen LogP contribution < -0.4 is 20.1 Å². The van der Waals surface area contributed by atoms with E-state index in [1.165, 1.54) is 31.2 Å². The van der Waals surface area contributed by atoms with Crippen LogP contribution in [-0.2, 0) is 19.1 Å². The lowest BCUT2D eigenvalue weighted by molar-refractivity contribution is -0.147. The highest BCUT2D eigenvalue weighted by Gasteiger charge is 2.15. The van der Waals surface area contributed by atoms with E-state index in [9.17, 15) is 23.2 Å². The zero-order valence-electron chi connectivity index (χ0n) is 18.0. The fourth-order valence-corrected chi connectivity index (χ4v) is 2.81. The normalized spacial score (nSPS) is 11.3. The SMILES string of the molecule is CC(=O)O[C@H](CCNC(=O)COc1ccc(Cl)c(F)c1)CNC(=O)COc1ccc(Cl)c(F)c1. The Kier molecular flexibility index (Phi) is 10.8. The summed E-state index contributed by atoms with van der Waals surface area (Å²) in [6.07, 6.45) is -0.522. The van der Waals surface area contributed by atoms with Crippen LogP contribution in [0.15, 0.2) is 36.4 Å². The average molecular weight is 519 g/mol. The number of amides is 2. The predicted molar refractivity (Wildman–Crippen MR) is 120 cm³/mol. The Morgan fingerprint density at radius 1 is 0.882 bits per heavy atom. The molecule has 184 valence electrons. The number of ether oxygens (including phenoxy) is 3. The zero-order chi connectivity index (χ0) is 25.1. The lowest BCUT2D eigenvalue weighted by Gasteiger charge is -2.18. The molecule has 0 aliphatic rings. The van der Waals surface area contributed by atoms with E-state index in [4.69, 9.17) is 37.4 Å². The van der Waals surface area contributed by atoms with Crippen LogP contribution in [0.1, 0.15) is 13.3 Å². The van der Waals surface area contributed by atoms with Crippen LogP contribution in [0.4, 0.5) is 8.78 Å². The van der Waals surface area contributed by atoms with Crippen molar-refractivity contribution in [3.63, 3.8) is 0 Å². The van der Waals surface area contributed by atoms with E-state index in [0.29, 0.717) is 0 Å². The maximum atomic E-state index is 13.4. The van der Waals surface area contributed by atoms with Gasteiger partial charge in [-0.1, -0.05) is 23.2 Å². The molecule has 0 spiro atoms. The predicted octanol–water partition coefficient (Wildman–Crippen LogP) is 3.28. The molecule has 0 fully saturated rings. The molecule has 0 unspecified atom stereocenters. The Labute approximate surface area is 204 Å². The quantitative estimate of drug-likeness (QED) is 0.418. The van der Waals surface area contributed by atoms with Gasteiger partial charge in [-0.2, -0.15) is 0 Å². The van der Waals surface area contributed by atoms with Crippen molar-refractivity contribution in [2.24, 2.45) is 0 Å². The van der Waals surface area contributed by atoms with E-state index >= 15 is 0 Å². The molecular weight excluding hydrogens is 497 g/mol. The summed E-state index contributed by atoms with van der Waals surface area (Å²) >= 11 is 11.2. The molecule has 0 bridgehead atoms. The van der Waals surface area contributed by atoms with Crippen LogP contribution in [-0.4, -0.2) is 50.2 Å². The van der Waals surface area contributed by atoms with E-state index < -0.39 is 42.1 Å². The number of halogens is 4. The number of hydrogen-bond acceptors (Lipinski definition) is 6. The summed E-state index contributed by atoms with van der Waals surface area (Å²) in [4.78, 5) is 35.2. The minimum absolute atomic E-state index is 0.0345. The van der Waals surface area contributed by atoms with Crippen LogP contribution in [0.3, 0.4) is 0 Å². The molecule has 34 heavy (non-hydrogen) atoms. The van der Waals surface area contributed by atoms with Gasteiger partial charge in [-0.15, -0.1) is 0 Å². The molecule has 1 atom stereocenters. The maximum absolute atomic E-state index is 13.4. The van der Waals surface area contributed by atoms with Crippen LogP contribution in [0.5, 0.6) is 11.5 Å². The molecule has 8 nitrogen and oxygen atoms in total. The van der Waals surface area contributed by atoms with Crippen LogP contribution in [0, 0.1) is 11.6 Å². The molecule has 0 radical (unpaired) electrons. The fourth-order valence-electron chi connectivity index (χ4n) is 2.57. The summed E-state index contributed by atoms with van der Waals surface area (Å²) in [5.41, 5.74) is 0. The number of carbonyl (C=O) groups is 3. The Bertz CT molecular complexity index is 1020. The van der Waals surface area contributed by atoms with Gasteiger partial charge in [0, 0.05) is 32.0 Å². The highest BCUT2D eigenvalue weighted by Crippen LogP contribution is 2.21. The minimum Gasteiger partial charge on any atom is -0.484 e. The molecule has 0 aliphatic heterocycles. The fraction of sp³-hybridized carbons (Fsp3) is 0.318. The summed E-state index contributed by atoms with van der Waals surface area (Å²) in [7, 11) is 0. The van der Waals surface area contributed by atoms with Crippen LogP contribution in [0.25, 0.3) is 0 Å². The van der Waals surface area contributed by atoms with Crippen molar-refractivity contribution in [1.29, 1.82) is 0 Å². The van der Waals surface area contributed by atoms with E-state index in [-0.39, 0.29) is 47.7 Å². The molecule has 2 rings (SSSR count). The number of hydrogen-bond donors (Lipinski definition) is 2. The van der Waals surface area contributed by atoms with Gasteiger partial charge in [-0.25, -0.2) is 8.78 Å². The summed E-state index contributed by atoms with van der Waals surface area (Å²) in [6, 6.07) is 7.55. The highest BCUT2D eigenvalue weighted by molar-refractivity contribution is 6.31. The molecule has 0 heterocycles. The second kappa shape index (κ2) is 13.6. The molecule has 2 aromatic carbocycles. The molecular formula is C22H22Cl2F2N2O6. The molecule has 12 heteroatoms. The lowest BCUT2D eigenvalue weighted by Crippen LogP contribution is -2.39. The number of rotatable bonds is 12. The van der Waals surface area contributed by atoms with Gasteiger partial charge in [0.25, 0.3) is 11.8 Å². The first-order valence-corrected chi connectivity index (χ1v) is 10.8. The van der Waals surface area contributed by atoms with Gasteiger partial charge >= 0.3 is 5.97 Å². The summed E-state index contributed by atoms with van der Waals surface area (Å²) < 4.78 is 42.3. The van der Waals surface area contributed by atoms with E-state index in [1.807, 2.05) is 0 Å². The topological polar surface area (TPSA) is 103 Å². The maximum Gasteiger partial charge on any atom is 0.302 e. The summed E-state index contributed by atoms with van der Waals surface area (Å²) in [5, 5.41) is 4.97. The van der Waals surface area contributed by atoms with E-state index in [0.717, 1.165) is 12.1 Å². The van der Waals surface area contributed by atoms with Crippen molar-refractivity contribution < 1.29 is 37.4 Å². The Balaban J connectivity index is 1.71. The van der Waals surface area contributed by atoms with Gasteiger partial charge in [0.05, 0.1) is 16.6 Å². The first-order chi connectivity index (χ1) is 16.1. The number of nitrogens with one attached hydrogen (secondary N) is 2. The standard InChI is InChI=1S/C22H22Cl2F2N2O6/c1-13(29)34-16(10-28-22(31)12-33-15-3-5-18(24)20(26)9-15)6-7-27-21(30)11-32-14-2-4-17(23)19(25)8-14/h2-5,8-9,16H,6-7,10-12H2,1H3,(H,27,30)(H,28,31)/t16-/m1/s1. The first kappa shape index (κ1) is 27.1. The Morgan fingerprint density at radius 2 is 1.38 bits per heavy atom. The van der Waals surface area contributed by atoms with Gasteiger partial charge < -0.3 is 24.8 Å². The van der Waals surface area contributed by atoms with Crippen molar-refractivity contribution in [3.8, 4) is 11.5 Å². The largest absolute Gasteiger partial charge is 0.484 e. The lowest BCUT2D eigenvalue weighted by atomic mass is 10.2. The van der Waals surface area contributed by atoms with Crippen molar-refractivity contribution in [1.82, 2.24) is 10.6 Å². The zero-order valence-corrected chi connectivity index (χ0v) is 19.6. The third kappa shape index (κ3) is 9.80. The summed E-state index contributed by atoms with van der Waals surface area (Å²) in [6.45, 7) is 0.537. The average Bonchev–Trinajstić information content (AvgIpc) is 2.78. The number of carbonyl (C=O) groups excluding carboxylic acids is 3. The van der Waals surface area contributed by atoms with Crippen LogP contribution in [0.2, 0.25) is 10.0 Å². The number of benzene rings is 2. The Morgan fingerprint density at radius 3 is 1.85 bits per heavy atom. The minimum atomic E-state index is -0.721. The monoisotopic (exact) mass is 518 g/mol. The Hall–Kier alpha value is -3.11. The van der Waals surface area contributed by atoms with Crippen molar-refractivity contribution in [2.45, 2.75) is 19.4 Å². The van der Waals surface area contributed by atoms with Crippen molar-refractivity contribution in [2.75, 3.05) is 26.3 Å². The smallest absolute Gasteiger partial charge is 0.302 e. The molecule has 0 saturated carbocycles. The second-order valence-corrected chi connectivity index (χ2v) is 7.72. The molecule has 0 saturated heterocycles. The van der Waals surface area contributed by atoms with Gasteiger partial charge in [-0.3, -0.25) is 14.4 Å². The van der Waals surface area contributed by atoms with Crippen LogP contribution >= 0.6 is 23.2 Å². The van der Waals surface area contributed by atoms with Gasteiger partial charge in [-0.05, 0) is 24.3 Å². The third-order valence-electron chi connectivity index (χ3n) is 4.17. The summed E-state index contributed by atoms with van der Waals surface area (Å²) in [5.74, 6) is -2.66. The first-order valence-electron chi connectivity index (χ1n) is 10.0. The van der Waals surface area contributed by atoms with E-state index in [1.54, 1.807) is 0 Å². The van der Waals surface area contributed by atoms with Gasteiger partial charge in [0.2, 0.25) is 0 Å². The highest BCUT2D eigenvalue weighted by atomic mass is 35.5. The van der Waals surface area contributed by atoms with Gasteiger partial charge in [0.15, 0.2) is 13.2 Å². The molecule has 0 aliphatic carbocycles. The van der Waals surface area contributed by atoms with E-state index in [2.05, 4.69) is 10.6 Å². The molecule has 2 aromatic rings. The van der Waals surface area contributed by atoms with Crippen molar-refractivity contribution >= 4 is 41.0 Å². The second-order valence-electron chi connectivity index (χ2n) is 6.90. The molecule has 0 aromatic heterocycles. The van der Waals surface area contributed by atoms with Crippen molar-refractivity contribution in [3.05, 3.63) is 58.1 Å². The third-order valence-corrected chi connectivity index (χ3v) is 4.78. The number of esters is 1. The van der Waals surface area contributed by atoms with Gasteiger partial charge in [0.1, 0.15) is 29.2 Å².